The quantitative estimate of drug-likeness (QED) is 0.118. The van der Waals surface area contributed by atoms with Crippen LogP contribution < -0.4 is 0 Å². The molecule has 371 valence electrons. The Labute approximate surface area is 459 Å². The molecule has 0 saturated carbocycles. The predicted octanol–water partition coefficient (Wildman–Crippen LogP) is 19.3. The average molecular weight is 1150 g/mol. The first-order valence-corrected chi connectivity index (χ1v) is 25.3. The molecule has 12 rings (SSSR count). The third kappa shape index (κ3) is 9.05. The fraction of sp³-hybridized carbons (Fsp3) is 0.217. The van der Waals surface area contributed by atoms with Crippen LogP contribution in [0.3, 0.4) is 0 Å². The molecule has 0 fully saturated rings. The molecule has 0 bridgehead atoms. The molecule has 0 aliphatic heterocycles. The molecule has 0 aliphatic carbocycles. The summed E-state index contributed by atoms with van der Waals surface area (Å²) in [5, 5.41) is 7.82. The number of hydrogen-bond donors (Lipinski definition) is 0. The maximum absolute atomic E-state index is 8.69. The Balaban J connectivity index is 0.000000249. The van der Waals surface area contributed by atoms with Crippen LogP contribution in [0.5, 0.6) is 0 Å². The van der Waals surface area contributed by atoms with Crippen molar-refractivity contribution in [1.82, 2.24) is 14.5 Å². The topological polar surface area (TPSA) is 43.9 Å². The molecular weight excluding hydrogens is 1080 g/mol. The molecular formula is C69H63IrN3O-2. The Morgan fingerprint density at radius 2 is 1.30 bits per heavy atom. The first kappa shape index (κ1) is 42.2. The van der Waals surface area contributed by atoms with Gasteiger partial charge in [0.15, 0.2) is 0 Å². The third-order valence-electron chi connectivity index (χ3n) is 14.3. The zero-order chi connectivity index (χ0) is 56.8. The molecule has 0 atom stereocenters. The molecule has 4 nitrogen and oxygen atoms in total. The summed E-state index contributed by atoms with van der Waals surface area (Å²) in [4.78, 5) is 9.92. The van der Waals surface area contributed by atoms with E-state index in [4.69, 9.17) is 19.0 Å². The minimum absolute atomic E-state index is 0. The van der Waals surface area contributed by atoms with E-state index >= 15 is 0 Å². The molecule has 0 amide bonds. The predicted molar refractivity (Wildman–Crippen MR) is 310 cm³/mol. The Hall–Kier alpha value is -7.17. The molecule has 74 heavy (non-hydrogen) atoms. The van der Waals surface area contributed by atoms with Gasteiger partial charge in [0, 0.05) is 52.4 Å². The summed E-state index contributed by atoms with van der Waals surface area (Å²) in [7, 11) is 0. The molecule has 9 aromatic carbocycles. The van der Waals surface area contributed by atoms with Crippen molar-refractivity contribution in [2.24, 2.45) is 0 Å². The standard InChI is InChI=1S/C50H39N2O.C19H24N.Ir/c1-29(2)40-25-36(32-13-7-6-8-14-32)26-41(30(3)4)47(40)52-48-38-18-12-10-16-34(38)22-24-44(48)51-50(52)39-23-19-31(5)46-43-28-42-35(27-45(43)53-49(39)46)21-20-33-15-9-11-17-37(33)42;1-13(2)16-12-20-18(11-17(16)19(4,5)6)15-9-7-14(3)8-10-15;/h6-22,24-30H,1-5H3;7-9,11-13H,1-6H3;/q2*-1;/i5D3;3D3,13D;. The van der Waals surface area contributed by atoms with Crippen molar-refractivity contribution in [2.75, 3.05) is 0 Å². The molecule has 0 N–H and O–H groups in total. The number of imidazole rings is 1. The number of nitrogens with zero attached hydrogens (tertiary/aromatic N) is 3. The van der Waals surface area contributed by atoms with Crippen LogP contribution in [-0.4, -0.2) is 14.5 Å². The molecule has 0 spiro atoms. The van der Waals surface area contributed by atoms with Crippen molar-refractivity contribution in [2.45, 2.75) is 99.2 Å². The van der Waals surface area contributed by atoms with Crippen molar-refractivity contribution in [1.29, 1.82) is 0 Å². The SMILES string of the molecule is [2H]C([2H])([2H])c1c[c-]c(-c2cc(C(C)(C)C)c(C([2H])(C)C)cn2)cc1.[2H]C([2H])([2H])c1c[c-]c(-c2nc3ccc4ccccc4c3n2-c2c(C(C)C)cc(-c3ccccc3)cc2C(C)C)c2oc3cc4ccc5ccccc5c4cc3c12.[Ir]. The Bertz CT molecular complexity index is 4320. The molecule has 0 saturated heterocycles. The van der Waals surface area contributed by atoms with Crippen LogP contribution in [0.2, 0.25) is 0 Å². The minimum Gasteiger partial charge on any atom is -0.501 e. The molecule has 5 heteroatoms. The van der Waals surface area contributed by atoms with E-state index in [2.05, 4.69) is 179 Å². The number of pyridine rings is 1. The molecule has 12 aromatic rings. The summed E-state index contributed by atoms with van der Waals surface area (Å²) < 4.78 is 65.9. The van der Waals surface area contributed by atoms with Gasteiger partial charge in [-0.3, -0.25) is 4.98 Å². The van der Waals surface area contributed by atoms with Gasteiger partial charge < -0.3 is 14.0 Å². The zero-order valence-corrected chi connectivity index (χ0v) is 45.7. The number of rotatable bonds is 7. The van der Waals surface area contributed by atoms with Crippen LogP contribution in [0.4, 0.5) is 0 Å². The van der Waals surface area contributed by atoms with Crippen molar-refractivity contribution in [3.63, 3.8) is 0 Å². The van der Waals surface area contributed by atoms with Crippen molar-refractivity contribution in [3.8, 4) is 39.5 Å². The van der Waals surface area contributed by atoms with E-state index in [1.165, 1.54) is 28.3 Å². The van der Waals surface area contributed by atoms with E-state index < -0.39 is 19.6 Å². The first-order chi connectivity index (χ1) is 37.9. The number of benzene rings is 9. The van der Waals surface area contributed by atoms with E-state index in [0.29, 0.717) is 27.9 Å². The Morgan fingerprint density at radius 1 is 0.622 bits per heavy atom. The van der Waals surface area contributed by atoms with Gasteiger partial charge in [-0.2, -0.15) is 0 Å². The molecule has 3 heterocycles. The van der Waals surface area contributed by atoms with E-state index in [1.54, 1.807) is 24.4 Å². The number of hydrogen-bond acceptors (Lipinski definition) is 3. The van der Waals surface area contributed by atoms with Gasteiger partial charge in [0.05, 0.1) is 22.4 Å². The summed E-state index contributed by atoms with van der Waals surface area (Å²) in [6, 6.07) is 59.5. The average Bonchev–Trinajstić information content (AvgIpc) is 4.25. The largest absolute Gasteiger partial charge is 0.501 e. The maximum Gasteiger partial charge on any atom is 0.121 e. The van der Waals surface area contributed by atoms with Crippen molar-refractivity contribution < 1.29 is 34.1 Å². The van der Waals surface area contributed by atoms with Crippen molar-refractivity contribution >= 4 is 65.3 Å². The van der Waals surface area contributed by atoms with Crippen LogP contribution in [0.15, 0.2) is 168 Å². The van der Waals surface area contributed by atoms with Gasteiger partial charge in [-0.05, 0) is 119 Å². The van der Waals surface area contributed by atoms with E-state index in [9.17, 15) is 0 Å². The zero-order valence-electron chi connectivity index (χ0n) is 50.3. The summed E-state index contributed by atoms with van der Waals surface area (Å²) in [6.07, 6.45) is 1.76. The second-order valence-electron chi connectivity index (χ2n) is 21.2. The summed E-state index contributed by atoms with van der Waals surface area (Å²) in [5.41, 5.74) is 13.2. The fourth-order valence-corrected chi connectivity index (χ4v) is 10.5. The van der Waals surface area contributed by atoms with E-state index in [-0.39, 0.29) is 48.5 Å². The van der Waals surface area contributed by atoms with Gasteiger partial charge in [0.25, 0.3) is 0 Å². The van der Waals surface area contributed by atoms with Gasteiger partial charge >= 0.3 is 0 Å². The number of fused-ring (bicyclic) bond motifs is 9. The van der Waals surface area contributed by atoms with Gasteiger partial charge in [0.1, 0.15) is 5.58 Å². The molecule has 0 unspecified atom stereocenters. The number of aromatic nitrogens is 3. The number of aryl methyl sites for hydroxylation is 2. The Morgan fingerprint density at radius 3 is 1.96 bits per heavy atom. The van der Waals surface area contributed by atoms with Gasteiger partial charge in [-0.25, -0.2) is 0 Å². The van der Waals surface area contributed by atoms with Crippen LogP contribution in [0.1, 0.15) is 123 Å². The van der Waals surface area contributed by atoms with Gasteiger partial charge in [-0.15, -0.1) is 53.1 Å². The van der Waals surface area contributed by atoms with Crippen LogP contribution in [-0.2, 0) is 25.5 Å². The van der Waals surface area contributed by atoms with Gasteiger partial charge in [0.2, 0.25) is 0 Å². The smallest absolute Gasteiger partial charge is 0.121 e. The second-order valence-corrected chi connectivity index (χ2v) is 21.2. The molecule has 1 radical (unpaired) electrons. The summed E-state index contributed by atoms with van der Waals surface area (Å²) in [5.74, 6) is 0.260. The summed E-state index contributed by atoms with van der Waals surface area (Å²) >= 11 is 0. The van der Waals surface area contributed by atoms with Gasteiger partial charge in [-0.1, -0.05) is 190 Å². The summed E-state index contributed by atoms with van der Waals surface area (Å²) in [6.45, 7) is 14.5. The minimum atomic E-state index is -2.41. The molecule has 3 aromatic heterocycles. The second kappa shape index (κ2) is 19.9. The normalized spacial score (nSPS) is 13.9. The van der Waals surface area contributed by atoms with E-state index in [1.807, 2.05) is 38.1 Å². The van der Waals surface area contributed by atoms with Crippen LogP contribution in [0, 0.1) is 25.8 Å². The fourth-order valence-electron chi connectivity index (χ4n) is 10.5. The Kier molecular flexibility index (Phi) is 11.4. The molecule has 0 aliphatic rings. The van der Waals surface area contributed by atoms with E-state index in [0.717, 1.165) is 76.8 Å². The van der Waals surface area contributed by atoms with Crippen LogP contribution in [0.25, 0.3) is 105 Å². The number of furan rings is 1. The van der Waals surface area contributed by atoms with Crippen molar-refractivity contribution in [3.05, 3.63) is 209 Å². The first-order valence-electron chi connectivity index (χ1n) is 28.8. The third-order valence-corrected chi connectivity index (χ3v) is 14.3. The van der Waals surface area contributed by atoms with Crippen LogP contribution >= 0.6 is 0 Å². The maximum atomic E-state index is 8.69. The monoisotopic (exact) mass is 1150 g/mol.